The van der Waals surface area contributed by atoms with Gasteiger partial charge >= 0.3 is 5.69 Å². The Morgan fingerprint density at radius 2 is 1.97 bits per heavy atom. The van der Waals surface area contributed by atoms with E-state index in [2.05, 4.69) is 20.4 Å². The van der Waals surface area contributed by atoms with Gasteiger partial charge in [0.05, 0.1) is 24.0 Å². The number of hydrogen-bond donors (Lipinski definition) is 2. The smallest absolute Gasteiger partial charge is 0.326 e. The number of carbonyl (C=O) groups is 1. The van der Waals surface area contributed by atoms with Gasteiger partial charge in [0.1, 0.15) is 0 Å². The monoisotopic (exact) mass is 451 g/mol. The standard InChI is InChI=1S/C23H22ClN5O3/c24-16-8-5-14(6-9-16)11-20(30)25-13-21-27-22(28-32-21)15-7-10-19-18(12-15)26-23(31)29(19)17-3-1-2-4-17/h5-10,12,17H,1-4,11,13H2,(H,25,30)(H,26,31). The number of aromatic amines is 1. The molecule has 1 aliphatic carbocycles. The molecule has 1 saturated carbocycles. The average molecular weight is 452 g/mol. The summed E-state index contributed by atoms with van der Waals surface area (Å²) in [5.41, 5.74) is 3.16. The Balaban J connectivity index is 1.27. The van der Waals surface area contributed by atoms with Crippen LogP contribution in [0.4, 0.5) is 0 Å². The van der Waals surface area contributed by atoms with Crippen LogP contribution in [0, 0.1) is 0 Å². The number of carbonyl (C=O) groups excluding carboxylic acids is 1. The Hall–Kier alpha value is -3.39. The summed E-state index contributed by atoms with van der Waals surface area (Å²) >= 11 is 5.87. The molecule has 4 aromatic rings. The molecule has 164 valence electrons. The van der Waals surface area contributed by atoms with Gasteiger partial charge in [-0.3, -0.25) is 9.36 Å². The van der Waals surface area contributed by atoms with Crippen LogP contribution in [-0.4, -0.2) is 25.6 Å². The molecule has 0 atom stereocenters. The molecular formula is C23H22ClN5O3. The lowest BCUT2D eigenvalue weighted by Crippen LogP contribution is -2.24. The Morgan fingerprint density at radius 1 is 1.19 bits per heavy atom. The van der Waals surface area contributed by atoms with Gasteiger partial charge in [0.2, 0.25) is 17.6 Å². The Labute approximate surface area is 188 Å². The van der Waals surface area contributed by atoms with E-state index in [9.17, 15) is 9.59 Å². The van der Waals surface area contributed by atoms with E-state index in [1.54, 1.807) is 12.1 Å². The lowest BCUT2D eigenvalue weighted by atomic mass is 10.1. The Bertz CT molecular complexity index is 1320. The van der Waals surface area contributed by atoms with Gasteiger partial charge in [-0.1, -0.05) is 41.7 Å². The lowest BCUT2D eigenvalue weighted by molar-refractivity contribution is -0.120. The van der Waals surface area contributed by atoms with Gasteiger partial charge in [-0.2, -0.15) is 4.98 Å². The fourth-order valence-electron chi connectivity index (χ4n) is 4.26. The van der Waals surface area contributed by atoms with Crippen molar-refractivity contribution in [2.75, 3.05) is 0 Å². The maximum atomic E-state index is 12.5. The van der Waals surface area contributed by atoms with Gasteiger partial charge in [0.25, 0.3) is 0 Å². The van der Waals surface area contributed by atoms with Gasteiger partial charge < -0.3 is 14.8 Å². The highest BCUT2D eigenvalue weighted by Gasteiger charge is 2.21. The number of rotatable bonds is 6. The topological polar surface area (TPSA) is 106 Å². The predicted octanol–water partition coefficient (Wildman–Crippen LogP) is 4.01. The number of benzene rings is 2. The number of hydrogen-bond acceptors (Lipinski definition) is 5. The zero-order valence-electron chi connectivity index (χ0n) is 17.3. The largest absolute Gasteiger partial charge is 0.347 e. The van der Waals surface area contributed by atoms with E-state index in [4.69, 9.17) is 16.1 Å². The first-order chi connectivity index (χ1) is 15.6. The van der Waals surface area contributed by atoms with Gasteiger partial charge in [-0.25, -0.2) is 4.79 Å². The summed E-state index contributed by atoms with van der Waals surface area (Å²) in [6.07, 6.45) is 4.62. The molecule has 2 aromatic heterocycles. The summed E-state index contributed by atoms with van der Waals surface area (Å²) in [5.74, 6) is 0.559. The normalized spacial score (nSPS) is 14.3. The van der Waals surface area contributed by atoms with Crippen molar-refractivity contribution in [3.63, 3.8) is 0 Å². The van der Waals surface area contributed by atoms with Gasteiger partial charge in [-0.05, 0) is 48.7 Å². The van der Waals surface area contributed by atoms with Crippen molar-refractivity contribution >= 4 is 28.5 Å². The number of imidazole rings is 1. The molecule has 2 N–H and O–H groups in total. The number of halogens is 1. The van der Waals surface area contributed by atoms with Crippen molar-refractivity contribution in [2.45, 2.75) is 44.7 Å². The van der Waals surface area contributed by atoms with Crippen LogP contribution < -0.4 is 11.0 Å². The molecule has 5 rings (SSSR count). The summed E-state index contributed by atoms with van der Waals surface area (Å²) in [7, 11) is 0. The van der Waals surface area contributed by atoms with Crippen LogP contribution in [0.15, 0.2) is 51.8 Å². The van der Waals surface area contributed by atoms with Crippen LogP contribution in [0.5, 0.6) is 0 Å². The number of H-pyrrole nitrogens is 1. The maximum Gasteiger partial charge on any atom is 0.326 e. The minimum Gasteiger partial charge on any atom is -0.347 e. The van der Waals surface area contributed by atoms with Crippen LogP contribution in [0.1, 0.15) is 43.2 Å². The van der Waals surface area contributed by atoms with E-state index in [0.29, 0.717) is 16.7 Å². The predicted molar refractivity (Wildman–Crippen MR) is 120 cm³/mol. The molecule has 2 heterocycles. The number of nitrogens with zero attached hydrogens (tertiary/aromatic N) is 3. The van der Waals surface area contributed by atoms with E-state index in [1.165, 1.54) is 0 Å². The summed E-state index contributed by atoms with van der Waals surface area (Å²) < 4.78 is 7.15. The molecule has 1 aliphatic rings. The van der Waals surface area contributed by atoms with Crippen LogP contribution in [0.2, 0.25) is 5.02 Å². The second-order valence-corrected chi connectivity index (χ2v) is 8.50. The molecule has 0 radical (unpaired) electrons. The van der Waals surface area contributed by atoms with Crippen molar-refractivity contribution in [3.8, 4) is 11.4 Å². The van der Waals surface area contributed by atoms with Crippen LogP contribution in [-0.2, 0) is 17.8 Å². The third-order valence-electron chi connectivity index (χ3n) is 5.85. The third-order valence-corrected chi connectivity index (χ3v) is 6.10. The molecule has 0 saturated heterocycles. The minimum absolute atomic E-state index is 0.0822. The van der Waals surface area contributed by atoms with Crippen LogP contribution in [0.25, 0.3) is 22.4 Å². The molecule has 32 heavy (non-hydrogen) atoms. The first-order valence-electron chi connectivity index (χ1n) is 10.7. The fourth-order valence-corrected chi connectivity index (χ4v) is 4.39. The van der Waals surface area contributed by atoms with Crippen molar-refractivity contribution in [3.05, 3.63) is 69.4 Å². The third kappa shape index (κ3) is 4.18. The first kappa shape index (κ1) is 20.5. The van der Waals surface area contributed by atoms with E-state index in [1.807, 2.05) is 34.9 Å². The summed E-state index contributed by atoms with van der Waals surface area (Å²) in [5, 5.41) is 7.43. The minimum atomic E-state index is -0.153. The number of nitrogens with one attached hydrogen (secondary N) is 2. The summed E-state index contributed by atoms with van der Waals surface area (Å²) in [6, 6.07) is 13.0. The molecule has 0 unspecified atom stereocenters. The molecule has 0 bridgehead atoms. The van der Waals surface area contributed by atoms with E-state index >= 15 is 0 Å². The van der Waals surface area contributed by atoms with E-state index < -0.39 is 0 Å². The summed E-state index contributed by atoms with van der Waals surface area (Å²) in [4.78, 5) is 32.0. The van der Waals surface area contributed by atoms with Crippen molar-refractivity contribution < 1.29 is 9.32 Å². The second kappa shape index (κ2) is 8.63. The maximum absolute atomic E-state index is 12.5. The van der Waals surface area contributed by atoms with Gasteiger partial charge in [-0.15, -0.1) is 0 Å². The van der Waals surface area contributed by atoms with Crippen molar-refractivity contribution in [2.24, 2.45) is 0 Å². The SMILES string of the molecule is O=C(Cc1ccc(Cl)cc1)NCc1nc(-c2ccc3c(c2)[nH]c(=O)n3C2CCCC2)no1. The lowest BCUT2D eigenvalue weighted by Gasteiger charge is -2.11. The summed E-state index contributed by atoms with van der Waals surface area (Å²) in [6.45, 7) is 0.135. The van der Waals surface area contributed by atoms with Crippen molar-refractivity contribution in [1.82, 2.24) is 25.0 Å². The fraction of sp³-hybridized carbons (Fsp3) is 0.304. The second-order valence-electron chi connectivity index (χ2n) is 8.06. The molecule has 9 heteroatoms. The van der Waals surface area contributed by atoms with Gasteiger partial charge in [0.15, 0.2) is 0 Å². The number of fused-ring (bicyclic) bond motifs is 1. The molecular weight excluding hydrogens is 430 g/mol. The quantitative estimate of drug-likeness (QED) is 0.460. The van der Waals surface area contributed by atoms with Gasteiger partial charge in [0, 0.05) is 16.6 Å². The van der Waals surface area contributed by atoms with E-state index in [0.717, 1.165) is 47.8 Å². The number of amides is 1. The Morgan fingerprint density at radius 3 is 2.75 bits per heavy atom. The molecule has 8 nitrogen and oxygen atoms in total. The number of aromatic nitrogens is 4. The molecule has 0 aliphatic heterocycles. The van der Waals surface area contributed by atoms with Crippen LogP contribution >= 0.6 is 11.6 Å². The first-order valence-corrected chi connectivity index (χ1v) is 11.0. The molecule has 0 spiro atoms. The van der Waals surface area contributed by atoms with Crippen LogP contribution in [0.3, 0.4) is 0 Å². The van der Waals surface area contributed by atoms with Crippen molar-refractivity contribution in [1.29, 1.82) is 0 Å². The highest BCUT2D eigenvalue weighted by Crippen LogP contribution is 2.31. The Kier molecular flexibility index (Phi) is 5.53. The molecule has 1 amide bonds. The highest BCUT2D eigenvalue weighted by atomic mass is 35.5. The van der Waals surface area contributed by atoms with E-state index in [-0.39, 0.29) is 30.6 Å². The average Bonchev–Trinajstić information content (AvgIpc) is 3.52. The highest BCUT2D eigenvalue weighted by molar-refractivity contribution is 6.30. The zero-order valence-corrected chi connectivity index (χ0v) is 18.1. The zero-order chi connectivity index (χ0) is 22.1. The molecule has 2 aromatic carbocycles. The molecule has 1 fully saturated rings.